The van der Waals surface area contributed by atoms with Gasteiger partial charge in [0.15, 0.2) is 11.6 Å². The van der Waals surface area contributed by atoms with Gasteiger partial charge in [-0.3, -0.25) is 9.59 Å². The molecule has 1 amide bonds. The summed E-state index contributed by atoms with van der Waals surface area (Å²) in [6, 6.07) is 9.28. The van der Waals surface area contributed by atoms with Gasteiger partial charge in [0.1, 0.15) is 0 Å². The molecule has 2 aromatic carbocycles. The highest BCUT2D eigenvalue weighted by Crippen LogP contribution is 2.26. The molecule has 0 saturated heterocycles. The summed E-state index contributed by atoms with van der Waals surface area (Å²) in [7, 11) is 0. The first kappa shape index (κ1) is 13.8. The van der Waals surface area contributed by atoms with Gasteiger partial charge in [0.05, 0.1) is 10.6 Å². The number of hydrogen-bond donors (Lipinski definition) is 1. The van der Waals surface area contributed by atoms with Crippen molar-refractivity contribution in [2.75, 3.05) is 5.32 Å². The third-order valence-electron chi connectivity index (χ3n) is 3.46. The Bertz CT molecular complexity index is 758. The molecule has 1 heterocycles. The number of halogens is 2. The van der Waals surface area contributed by atoms with Gasteiger partial charge in [0.25, 0.3) is 0 Å². The Hall–Kier alpha value is -2.20. The number of rotatable bonds is 2. The second-order valence-corrected chi connectivity index (χ2v) is 5.26. The summed E-state index contributed by atoms with van der Waals surface area (Å²) in [5, 5.41) is 2.66. The minimum absolute atomic E-state index is 0.0394. The zero-order valence-electron chi connectivity index (χ0n) is 11.0. The fourth-order valence-corrected chi connectivity index (χ4v) is 2.53. The molecule has 1 aliphatic rings. The molecular formula is C16H11ClFNO2. The van der Waals surface area contributed by atoms with E-state index in [-0.39, 0.29) is 16.5 Å². The van der Waals surface area contributed by atoms with Crippen molar-refractivity contribution in [2.45, 2.75) is 12.8 Å². The lowest BCUT2D eigenvalue weighted by Crippen LogP contribution is -2.19. The van der Waals surface area contributed by atoms with E-state index in [1.165, 1.54) is 18.2 Å². The number of carbonyl (C=O) groups excluding carboxylic acids is 2. The second-order valence-electron chi connectivity index (χ2n) is 4.85. The zero-order chi connectivity index (χ0) is 15.0. The summed E-state index contributed by atoms with van der Waals surface area (Å²) in [6.45, 7) is 0. The maximum Gasteiger partial charge on any atom is 0.224 e. The predicted octanol–water partition coefficient (Wildman–Crippen LogP) is 3.59. The van der Waals surface area contributed by atoms with Crippen LogP contribution in [-0.4, -0.2) is 11.7 Å². The Kier molecular flexibility index (Phi) is 3.47. The van der Waals surface area contributed by atoms with Crippen LogP contribution < -0.4 is 5.32 Å². The van der Waals surface area contributed by atoms with E-state index >= 15 is 0 Å². The summed E-state index contributed by atoms with van der Waals surface area (Å²) < 4.78 is 13.9. The first-order valence-corrected chi connectivity index (χ1v) is 6.85. The molecule has 0 unspecified atom stereocenters. The lowest BCUT2D eigenvalue weighted by atomic mass is 9.96. The van der Waals surface area contributed by atoms with Crippen LogP contribution in [-0.2, 0) is 11.2 Å². The quantitative estimate of drug-likeness (QED) is 0.862. The third kappa shape index (κ3) is 2.54. The number of aryl methyl sites for hydroxylation is 1. The molecule has 5 heteroatoms. The summed E-state index contributed by atoms with van der Waals surface area (Å²) >= 11 is 5.70. The van der Waals surface area contributed by atoms with Crippen molar-refractivity contribution < 1.29 is 14.0 Å². The molecule has 0 aliphatic carbocycles. The van der Waals surface area contributed by atoms with E-state index in [9.17, 15) is 14.0 Å². The number of ketones is 1. The molecule has 0 aromatic heterocycles. The maximum absolute atomic E-state index is 13.9. The monoisotopic (exact) mass is 303 g/mol. The average molecular weight is 304 g/mol. The summed E-state index contributed by atoms with van der Waals surface area (Å²) in [5.41, 5.74) is 1.91. The van der Waals surface area contributed by atoms with Crippen molar-refractivity contribution in [1.82, 2.24) is 0 Å². The normalized spacial score (nSPS) is 13.5. The Balaban J connectivity index is 1.99. The number of benzene rings is 2. The highest BCUT2D eigenvalue weighted by atomic mass is 35.5. The van der Waals surface area contributed by atoms with Crippen LogP contribution in [0.2, 0.25) is 5.02 Å². The molecule has 3 rings (SSSR count). The molecule has 1 N–H and O–H groups in total. The Labute approximate surface area is 125 Å². The second kappa shape index (κ2) is 5.30. The maximum atomic E-state index is 13.9. The van der Waals surface area contributed by atoms with Crippen LogP contribution in [0.25, 0.3) is 0 Å². The molecule has 0 fully saturated rings. The van der Waals surface area contributed by atoms with E-state index in [1.807, 2.05) is 0 Å². The minimum Gasteiger partial charge on any atom is -0.326 e. The minimum atomic E-state index is -0.713. The van der Waals surface area contributed by atoms with Crippen molar-refractivity contribution in [3.05, 3.63) is 63.9 Å². The van der Waals surface area contributed by atoms with E-state index in [0.717, 1.165) is 5.56 Å². The number of nitrogens with one attached hydrogen (secondary N) is 1. The highest BCUT2D eigenvalue weighted by molar-refractivity contribution is 6.31. The summed E-state index contributed by atoms with van der Waals surface area (Å²) in [5.74, 6) is -1.17. The van der Waals surface area contributed by atoms with E-state index < -0.39 is 11.6 Å². The van der Waals surface area contributed by atoms with Crippen LogP contribution in [0.3, 0.4) is 0 Å². The number of amides is 1. The zero-order valence-corrected chi connectivity index (χ0v) is 11.7. The molecule has 0 radical (unpaired) electrons. The molecule has 106 valence electrons. The lowest BCUT2D eigenvalue weighted by Gasteiger charge is -2.17. The van der Waals surface area contributed by atoms with Crippen molar-refractivity contribution >= 4 is 29.0 Å². The molecule has 0 atom stereocenters. The SMILES string of the molecule is O=C1CCc2cc(C(=O)c3cccc(Cl)c3F)ccc2N1. The summed E-state index contributed by atoms with van der Waals surface area (Å²) in [4.78, 5) is 23.7. The van der Waals surface area contributed by atoms with Crippen molar-refractivity contribution in [3.8, 4) is 0 Å². The Morgan fingerprint density at radius 3 is 2.81 bits per heavy atom. The van der Waals surface area contributed by atoms with Gasteiger partial charge in [-0.1, -0.05) is 17.7 Å². The molecule has 0 saturated carbocycles. The van der Waals surface area contributed by atoms with Gasteiger partial charge in [-0.25, -0.2) is 4.39 Å². The first-order valence-electron chi connectivity index (χ1n) is 6.48. The van der Waals surface area contributed by atoms with Crippen molar-refractivity contribution in [3.63, 3.8) is 0 Å². The van der Waals surface area contributed by atoms with E-state index in [1.54, 1.807) is 18.2 Å². The largest absolute Gasteiger partial charge is 0.326 e. The predicted molar refractivity (Wildman–Crippen MR) is 78.2 cm³/mol. The van der Waals surface area contributed by atoms with Gasteiger partial charge < -0.3 is 5.32 Å². The molecule has 21 heavy (non-hydrogen) atoms. The van der Waals surface area contributed by atoms with Crippen molar-refractivity contribution in [1.29, 1.82) is 0 Å². The molecule has 3 nitrogen and oxygen atoms in total. The number of fused-ring (bicyclic) bond motifs is 1. The summed E-state index contributed by atoms with van der Waals surface area (Å²) in [6.07, 6.45) is 0.955. The first-order chi connectivity index (χ1) is 10.1. The van der Waals surface area contributed by atoms with Crippen molar-refractivity contribution in [2.24, 2.45) is 0 Å². The third-order valence-corrected chi connectivity index (χ3v) is 3.75. The number of anilines is 1. The van der Waals surface area contributed by atoms with E-state index in [0.29, 0.717) is 24.1 Å². The Morgan fingerprint density at radius 2 is 2.00 bits per heavy atom. The van der Waals surface area contributed by atoms with Crippen LogP contribution in [0.4, 0.5) is 10.1 Å². The standard InChI is InChI=1S/C16H11ClFNO2/c17-12-3-1-2-11(15(12)18)16(21)10-4-6-13-9(8-10)5-7-14(20)19-13/h1-4,6,8H,5,7H2,(H,19,20). The number of hydrogen-bond acceptors (Lipinski definition) is 2. The van der Waals surface area contributed by atoms with Crippen LogP contribution in [0.5, 0.6) is 0 Å². The fraction of sp³-hybridized carbons (Fsp3) is 0.125. The van der Waals surface area contributed by atoms with E-state index in [4.69, 9.17) is 11.6 Å². The van der Waals surface area contributed by atoms with E-state index in [2.05, 4.69) is 5.32 Å². The Morgan fingerprint density at radius 1 is 1.19 bits per heavy atom. The molecule has 1 aliphatic heterocycles. The number of carbonyl (C=O) groups is 2. The van der Waals surface area contributed by atoms with Gasteiger partial charge >= 0.3 is 0 Å². The topological polar surface area (TPSA) is 46.2 Å². The van der Waals surface area contributed by atoms with Gasteiger partial charge in [-0.2, -0.15) is 0 Å². The van der Waals surface area contributed by atoms with Gasteiger partial charge in [0.2, 0.25) is 5.91 Å². The van der Waals surface area contributed by atoms with Gasteiger partial charge in [-0.05, 0) is 42.3 Å². The van der Waals surface area contributed by atoms with Crippen LogP contribution in [0, 0.1) is 5.82 Å². The average Bonchev–Trinajstić information content (AvgIpc) is 2.49. The fourth-order valence-electron chi connectivity index (χ4n) is 2.36. The highest BCUT2D eigenvalue weighted by Gasteiger charge is 2.19. The van der Waals surface area contributed by atoms with Gasteiger partial charge in [-0.15, -0.1) is 0 Å². The molecule has 0 bridgehead atoms. The lowest BCUT2D eigenvalue weighted by molar-refractivity contribution is -0.116. The molecule has 2 aromatic rings. The smallest absolute Gasteiger partial charge is 0.224 e. The molecule has 0 spiro atoms. The van der Waals surface area contributed by atoms with Crippen LogP contribution in [0.1, 0.15) is 27.9 Å². The van der Waals surface area contributed by atoms with Gasteiger partial charge in [0, 0.05) is 17.7 Å². The van der Waals surface area contributed by atoms with Crippen LogP contribution >= 0.6 is 11.6 Å². The van der Waals surface area contributed by atoms with Crippen LogP contribution in [0.15, 0.2) is 36.4 Å². The molecular weight excluding hydrogens is 293 g/mol.